The van der Waals surface area contributed by atoms with Crippen molar-refractivity contribution < 1.29 is 9.90 Å². The van der Waals surface area contributed by atoms with Crippen LogP contribution in [0, 0.1) is 5.92 Å². The topological polar surface area (TPSA) is 49.3 Å². The van der Waals surface area contributed by atoms with Gasteiger partial charge in [0.1, 0.15) is 11.5 Å². The van der Waals surface area contributed by atoms with Crippen molar-refractivity contribution in [2.45, 2.75) is 37.8 Å². The van der Waals surface area contributed by atoms with E-state index in [-0.39, 0.29) is 11.7 Å². The minimum Gasteiger partial charge on any atom is -0.375 e. The Bertz CT molecular complexity index is 254. The molecule has 3 nitrogen and oxygen atoms in total. The van der Waals surface area contributed by atoms with Crippen LogP contribution < -0.4 is 5.32 Å². The fraction of sp³-hybridized carbons (Fsp3) is 0.727. The highest BCUT2D eigenvalue weighted by molar-refractivity contribution is 5.85. The highest BCUT2D eigenvalue weighted by Crippen LogP contribution is 2.29. The van der Waals surface area contributed by atoms with Crippen molar-refractivity contribution in [1.82, 2.24) is 5.32 Å². The first-order valence-corrected chi connectivity index (χ1v) is 5.39. The second-order valence-electron chi connectivity index (χ2n) is 4.22. The Labute approximate surface area is 84.2 Å². The Morgan fingerprint density at radius 3 is 3.00 bits per heavy atom. The van der Waals surface area contributed by atoms with Gasteiger partial charge < -0.3 is 5.11 Å². The molecule has 0 amide bonds. The molecule has 78 valence electrons. The molecule has 1 heterocycles. The van der Waals surface area contributed by atoms with Gasteiger partial charge in [-0.05, 0) is 32.2 Å². The Morgan fingerprint density at radius 1 is 1.50 bits per heavy atom. The van der Waals surface area contributed by atoms with Gasteiger partial charge in [0.15, 0.2) is 0 Å². The van der Waals surface area contributed by atoms with Gasteiger partial charge >= 0.3 is 0 Å². The lowest BCUT2D eigenvalue weighted by Gasteiger charge is -2.38. The zero-order chi connectivity index (χ0) is 10.0. The van der Waals surface area contributed by atoms with Crippen LogP contribution in [0.25, 0.3) is 0 Å². The quantitative estimate of drug-likeness (QED) is 0.613. The second kappa shape index (κ2) is 3.83. The number of allylic oxidation sites excluding steroid dienone is 1. The SMILES string of the molecule is O=C1CCC=CC1C1(O)CCCCN1. The van der Waals surface area contributed by atoms with Crippen LogP contribution in [0.1, 0.15) is 32.1 Å². The van der Waals surface area contributed by atoms with E-state index < -0.39 is 5.72 Å². The first kappa shape index (κ1) is 9.87. The molecular formula is C11H17NO2. The van der Waals surface area contributed by atoms with Gasteiger partial charge in [-0.25, -0.2) is 0 Å². The summed E-state index contributed by atoms with van der Waals surface area (Å²) in [4.78, 5) is 11.6. The third kappa shape index (κ3) is 1.74. The average molecular weight is 195 g/mol. The fourth-order valence-corrected chi connectivity index (χ4v) is 2.32. The van der Waals surface area contributed by atoms with Gasteiger partial charge in [0.05, 0.1) is 5.92 Å². The number of carbonyl (C=O) groups is 1. The summed E-state index contributed by atoms with van der Waals surface area (Å²) >= 11 is 0. The van der Waals surface area contributed by atoms with E-state index in [1.54, 1.807) is 0 Å². The molecule has 2 unspecified atom stereocenters. The van der Waals surface area contributed by atoms with Gasteiger partial charge in [-0.2, -0.15) is 0 Å². The minimum absolute atomic E-state index is 0.171. The zero-order valence-electron chi connectivity index (χ0n) is 8.33. The molecule has 0 saturated carbocycles. The Balaban J connectivity index is 2.14. The first-order valence-electron chi connectivity index (χ1n) is 5.39. The number of ketones is 1. The standard InChI is InChI=1S/C11H17NO2/c13-10-6-2-1-5-9(10)11(14)7-3-4-8-12-11/h1,5,9,12,14H,2-4,6-8H2. The molecule has 2 rings (SSSR count). The van der Waals surface area contributed by atoms with E-state index >= 15 is 0 Å². The number of hydrogen-bond acceptors (Lipinski definition) is 3. The molecule has 0 aromatic rings. The number of piperidine rings is 1. The first-order chi connectivity index (χ1) is 6.72. The molecule has 0 aromatic carbocycles. The van der Waals surface area contributed by atoms with Crippen LogP contribution in [0.4, 0.5) is 0 Å². The fourth-order valence-electron chi connectivity index (χ4n) is 2.32. The van der Waals surface area contributed by atoms with Crippen molar-refractivity contribution in [3.63, 3.8) is 0 Å². The Morgan fingerprint density at radius 2 is 2.36 bits per heavy atom. The van der Waals surface area contributed by atoms with Crippen molar-refractivity contribution in [2.24, 2.45) is 5.92 Å². The molecule has 0 radical (unpaired) electrons. The van der Waals surface area contributed by atoms with Crippen LogP contribution in [0.15, 0.2) is 12.2 Å². The molecule has 2 aliphatic rings. The molecule has 0 bridgehead atoms. The number of nitrogens with one attached hydrogen (secondary N) is 1. The highest BCUT2D eigenvalue weighted by atomic mass is 16.3. The lowest BCUT2D eigenvalue weighted by Crippen LogP contribution is -2.56. The number of hydrogen-bond donors (Lipinski definition) is 2. The predicted molar refractivity (Wildman–Crippen MR) is 53.7 cm³/mol. The van der Waals surface area contributed by atoms with Crippen molar-refractivity contribution in [3.05, 3.63) is 12.2 Å². The lowest BCUT2D eigenvalue weighted by molar-refractivity contribution is -0.134. The maximum absolute atomic E-state index is 11.6. The van der Waals surface area contributed by atoms with Crippen LogP contribution in [0.5, 0.6) is 0 Å². The van der Waals surface area contributed by atoms with Crippen LogP contribution in [-0.4, -0.2) is 23.2 Å². The number of aliphatic hydroxyl groups is 1. The van der Waals surface area contributed by atoms with E-state index in [9.17, 15) is 9.90 Å². The van der Waals surface area contributed by atoms with Gasteiger partial charge in [-0.15, -0.1) is 0 Å². The average Bonchev–Trinajstić information content (AvgIpc) is 2.19. The summed E-state index contributed by atoms with van der Waals surface area (Å²) in [6.45, 7) is 0.814. The maximum Gasteiger partial charge on any atom is 0.144 e. The van der Waals surface area contributed by atoms with Gasteiger partial charge in [0.2, 0.25) is 0 Å². The summed E-state index contributed by atoms with van der Waals surface area (Å²) in [6, 6.07) is 0. The van der Waals surface area contributed by atoms with Gasteiger partial charge in [-0.1, -0.05) is 12.2 Å². The molecule has 14 heavy (non-hydrogen) atoms. The highest BCUT2D eigenvalue weighted by Gasteiger charge is 2.40. The van der Waals surface area contributed by atoms with Gasteiger partial charge in [0.25, 0.3) is 0 Å². The largest absolute Gasteiger partial charge is 0.375 e. The van der Waals surface area contributed by atoms with E-state index in [4.69, 9.17) is 0 Å². The molecule has 1 aliphatic carbocycles. The predicted octanol–water partition coefficient (Wildman–Crippen LogP) is 0.984. The number of Topliss-reactive ketones (excluding diaryl/α,β-unsaturated/α-hetero) is 1. The summed E-state index contributed by atoms with van der Waals surface area (Å²) in [5.74, 6) is -0.152. The molecule has 1 saturated heterocycles. The maximum atomic E-state index is 11.6. The summed E-state index contributed by atoms with van der Waals surface area (Å²) in [5, 5.41) is 13.4. The smallest absolute Gasteiger partial charge is 0.144 e. The van der Waals surface area contributed by atoms with Crippen molar-refractivity contribution in [3.8, 4) is 0 Å². The number of carbonyl (C=O) groups excluding carboxylic acids is 1. The Hall–Kier alpha value is -0.670. The second-order valence-corrected chi connectivity index (χ2v) is 4.22. The normalized spacial score (nSPS) is 38.6. The van der Waals surface area contributed by atoms with E-state index in [1.165, 1.54) is 0 Å². The zero-order valence-corrected chi connectivity index (χ0v) is 8.33. The molecule has 1 aliphatic heterocycles. The Kier molecular flexibility index (Phi) is 2.70. The minimum atomic E-state index is -0.966. The van der Waals surface area contributed by atoms with E-state index in [1.807, 2.05) is 12.2 Å². The van der Waals surface area contributed by atoms with Gasteiger partial charge in [0, 0.05) is 6.42 Å². The van der Waals surface area contributed by atoms with Gasteiger partial charge in [-0.3, -0.25) is 10.1 Å². The molecular weight excluding hydrogens is 178 g/mol. The monoisotopic (exact) mass is 195 g/mol. The molecule has 1 fully saturated rings. The molecule has 2 atom stereocenters. The van der Waals surface area contributed by atoms with Crippen molar-refractivity contribution in [1.29, 1.82) is 0 Å². The molecule has 3 heteroatoms. The molecule has 2 N–H and O–H groups in total. The van der Waals surface area contributed by atoms with Crippen LogP contribution in [0.2, 0.25) is 0 Å². The lowest BCUT2D eigenvalue weighted by atomic mass is 9.81. The third-order valence-electron chi connectivity index (χ3n) is 3.16. The summed E-state index contributed by atoms with van der Waals surface area (Å²) in [7, 11) is 0. The van der Waals surface area contributed by atoms with E-state index in [2.05, 4.69) is 5.32 Å². The summed E-state index contributed by atoms with van der Waals surface area (Å²) in [6.07, 6.45) is 8.04. The molecule has 0 aromatic heterocycles. The van der Waals surface area contributed by atoms with Crippen molar-refractivity contribution in [2.75, 3.05) is 6.54 Å². The summed E-state index contributed by atoms with van der Waals surface area (Å²) in [5.41, 5.74) is -0.966. The number of rotatable bonds is 1. The third-order valence-corrected chi connectivity index (χ3v) is 3.16. The van der Waals surface area contributed by atoms with E-state index in [0.717, 1.165) is 25.8 Å². The van der Waals surface area contributed by atoms with Crippen LogP contribution in [-0.2, 0) is 4.79 Å². The van der Waals surface area contributed by atoms with Crippen molar-refractivity contribution >= 4 is 5.78 Å². The van der Waals surface area contributed by atoms with Crippen LogP contribution in [0.3, 0.4) is 0 Å². The van der Waals surface area contributed by atoms with Crippen LogP contribution >= 0.6 is 0 Å². The van der Waals surface area contributed by atoms with E-state index in [0.29, 0.717) is 12.8 Å². The molecule has 0 spiro atoms. The summed E-state index contributed by atoms with van der Waals surface area (Å²) < 4.78 is 0.